The van der Waals surface area contributed by atoms with Gasteiger partial charge in [0, 0.05) is 175 Å². The zero-order valence-electron chi connectivity index (χ0n) is 78.7. The second-order valence-corrected chi connectivity index (χ2v) is 48.1. The Hall–Kier alpha value is -11.5. The lowest BCUT2D eigenvalue weighted by molar-refractivity contribution is -0.138. The van der Waals surface area contributed by atoms with Gasteiger partial charge in [-0.2, -0.15) is 12.9 Å². The lowest BCUT2D eigenvalue weighted by Crippen LogP contribution is -2.52. The summed E-state index contributed by atoms with van der Waals surface area (Å²) < 4.78 is 152. The highest BCUT2D eigenvalue weighted by Crippen LogP contribution is 2.46. The van der Waals surface area contributed by atoms with Crippen molar-refractivity contribution in [3.05, 3.63) is 213 Å². The molecule has 7 aliphatic rings. The van der Waals surface area contributed by atoms with Crippen molar-refractivity contribution in [1.82, 2.24) is 69.9 Å². The number of amides is 7. The number of piperidine rings is 2. The minimum atomic E-state index is -3.82. The highest BCUT2D eigenvalue weighted by atomic mass is 79.9. The molecular weight excluding hydrogens is 2030 g/mol. The second kappa shape index (κ2) is 41.6. The number of carbonyl (C=O) groups excluding carboxylic acids is 7. The number of hydrogen-bond donors (Lipinski definition) is 2. The molecule has 8 aromatic heterocycles. The highest BCUT2D eigenvalue weighted by Gasteiger charge is 2.58. The Balaban J connectivity index is 0.000000155. The molecule has 140 heavy (non-hydrogen) atoms. The zero-order chi connectivity index (χ0) is 102. The SMILES string of the molecule is C=CCc1ccc(-c2cn(C)c(=O)c3cc(C(=O)N4CCN(S(C)(=O)=O)CC4)sc23)cc1OC.C=CCc1ncc2n1S(=O)(=O)CC21CCC(=O)NC1=O.CC.COc1cc(-c2cn(C)c(=O)c3cc(C(=O)N4CCN(S(C)(=O)=O)CC4)sc23)ccc1Br.COc1cc(-c2cn(C)c(=O)c3cc(C(=O)N4CCN(S(C)(=O)=O)CC4)sc23)ccc1CCCCc1ncc2n1S(=O)(=O)CC21CCC(=O)NC1=O. The minimum absolute atomic E-state index is 0.0674. The topological polar surface area (TPSA) is 463 Å². The summed E-state index contributed by atoms with van der Waals surface area (Å²) in [4.78, 5) is 141. The Kier molecular flexibility index (Phi) is 31.0. The zero-order valence-corrected chi connectivity index (χ0v) is 86.8. The lowest BCUT2D eigenvalue weighted by atomic mass is 9.79. The average molecular weight is 2140 g/mol. The van der Waals surface area contributed by atoms with Crippen molar-refractivity contribution in [1.29, 1.82) is 0 Å². The number of pyridine rings is 3. The molecule has 0 radical (unpaired) electrons. The fourth-order valence-corrected chi connectivity index (χ4v) is 28.8. The van der Waals surface area contributed by atoms with Crippen LogP contribution in [0.5, 0.6) is 17.2 Å². The number of piperazine rings is 3. The fourth-order valence-electron chi connectivity index (χ4n) is 18.2. The number of aryl methyl sites for hydroxylation is 5. The van der Waals surface area contributed by atoms with E-state index in [2.05, 4.69) is 49.7 Å². The van der Waals surface area contributed by atoms with E-state index in [-0.39, 0.29) is 130 Å². The van der Waals surface area contributed by atoms with E-state index < -0.39 is 78.7 Å². The summed E-state index contributed by atoms with van der Waals surface area (Å²) in [6.45, 7) is 14.6. The van der Waals surface area contributed by atoms with Crippen LogP contribution >= 0.6 is 49.9 Å². The van der Waals surface area contributed by atoms with Gasteiger partial charge in [0.1, 0.15) is 39.7 Å². The first-order valence-corrected chi connectivity index (χ1v) is 56.6. The van der Waals surface area contributed by atoms with Crippen molar-refractivity contribution < 1.29 is 89.9 Å². The molecule has 18 rings (SSSR count). The van der Waals surface area contributed by atoms with Gasteiger partial charge in [-0.25, -0.2) is 60.0 Å². The van der Waals surface area contributed by atoms with Crippen LogP contribution in [0.3, 0.4) is 0 Å². The number of methoxy groups -OCH3 is 3. The number of allylic oxidation sites excluding steroid dienone is 2. The molecule has 2 spiro atoms. The summed E-state index contributed by atoms with van der Waals surface area (Å²) in [7, 11) is -7.54. The number of benzene rings is 3. The van der Waals surface area contributed by atoms with E-state index in [4.69, 9.17) is 14.2 Å². The smallest absolute Gasteiger partial charge is 0.264 e. The standard InChI is InChI=1S/C34H38N6O9S3.C24H27N3O5S2.C21H22BrN3O5S2.C12H13N3O4S.C2H6/c1-37-19-24(30-23(31(37)42)17-26(50-30)32(43)38-12-14-39(15-13-38)51(3,45)46)22-9-8-21(25(16-22)49-2)6-4-5-7-28-35-18-27-34(20-52(47,48)40(27)28)11-10-29(41)36-33(34)44;1-5-6-16-7-8-17(13-20(16)32-3)19-15-25(2)23(28)18-14-21(33-22(18)19)24(29)26-9-11-27(12-10-26)34(4,30)31;1-23-12-15(13-4-5-16(22)17(10-13)30-2)19-14(20(23)26)11-18(31-19)21(27)24-6-8-25(9-7-24)32(3,28)29;1-2-3-9-13-6-8-12(7-20(18,19)15(8)9)5-4-10(16)14-11(12)17;1-2/h8-9,16-19H,4-7,10-15,20H2,1-3H3,(H,36,41,44);5,7-8,13-15H,1,6,9-12H2,2-4H3;4-5,10-12H,6-9H2,1-3H3;2,6H,1,3-5,7H2,(H,14,16,17);1-2H3. The number of imide groups is 2. The molecular formula is C93H106BrN15O23S8. The van der Waals surface area contributed by atoms with Crippen LogP contribution < -0.4 is 41.5 Å². The Labute approximate surface area is 829 Å². The summed E-state index contributed by atoms with van der Waals surface area (Å²) >= 11 is 7.25. The minimum Gasteiger partial charge on any atom is -0.496 e. The van der Waals surface area contributed by atoms with Gasteiger partial charge in [0.15, 0.2) is 0 Å². The number of nitrogens with zero attached hydrogens (tertiary/aromatic N) is 13. The van der Waals surface area contributed by atoms with Crippen LogP contribution in [0.4, 0.5) is 0 Å². The molecule has 5 saturated heterocycles. The predicted octanol–water partition coefficient (Wildman–Crippen LogP) is 7.60. The van der Waals surface area contributed by atoms with Gasteiger partial charge in [0.2, 0.25) is 73.7 Å². The van der Waals surface area contributed by atoms with Crippen LogP contribution in [-0.4, -0.2) is 273 Å². The molecule has 11 aromatic rings. The quantitative estimate of drug-likeness (QED) is 0.0397. The predicted molar refractivity (Wildman–Crippen MR) is 539 cm³/mol. The highest BCUT2D eigenvalue weighted by molar-refractivity contribution is 9.10. The molecule has 7 amide bonds. The third-order valence-corrected chi connectivity index (χ3v) is 37.2. The molecule has 2 N–H and O–H groups in total. The van der Waals surface area contributed by atoms with Crippen molar-refractivity contribution in [2.24, 2.45) is 21.1 Å². The molecule has 7 aliphatic heterocycles. The number of unbranched alkanes of at least 4 members (excludes halogenated alkanes) is 1. The number of aromatic nitrogens is 7. The van der Waals surface area contributed by atoms with E-state index in [0.717, 1.165) is 74.4 Å². The first kappa shape index (κ1) is 104. The van der Waals surface area contributed by atoms with Gasteiger partial charge >= 0.3 is 0 Å². The Morgan fingerprint density at radius 3 is 1.14 bits per heavy atom. The van der Waals surface area contributed by atoms with Crippen LogP contribution in [0.25, 0.3) is 63.6 Å². The number of hydrogen-bond acceptors (Lipinski definition) is 28. The molecule has 2 atom stereocenters. The summed E-state index contributed by atoms with van der Waals surface area (Å²) in [6, 6.07) is 22.3. The van der Waals surface area contributed by atoms with Gasteiger partial charge in [-0.1, -0.05) is 56.3 Å². The largest absolute Gasteiger partial charge is 0.496 e. The first-order valence-electron chi connectivity index (χ1n) is 44.6. The van der Waals surface area contributed by atoms with Gasteiger partial charge in [-0.05, 0) is 125 Å². The van der Waals surface area contributed by atoms with Crippen LogP contribution in [0.15, 0.2) is 148 Å². The van der Waals surface area contributed by atoms with E-state index in [1.807, 2.05) is 74.5 Å². The van der Waals surface area contributed by atoms with Crippen molar-refractivity contribution in [2.45, 2.75) is 88.9 Å². The molecule has 2 unspecified atom stereocenters. The maximum Gasteiger partial charge on any atom is 0.264 e. The number of carbonyl (C=O) groups is 7. The molecule has 3 aromatic carbocycles. The number of halogens is 1. The lowest BCUT2D eigenvalue weighted by Gasteiger charge is -2.32. The molecule has 5 fully saturated rings. The first-order chi connectivity index (χ1) is 66.3. The van der Waals surface area contributed by atoms with Gasteiger partial charge in [0.05, 0.1) is 111 Å². The number of fused-ring (bicyclic) bond motifs is 7. The fraction of sp³-hybridized carbons (Fsp3) is 0.398. The van der Waals surface area contributed by atoms with Crippen molar-refractivity contribution in [3.63, 3.8) is 0 Å². The normalized spacial score (nSPS) is 18.7. The maximum atomic E-state index is 13.5. The van der Waals surface area contributed by atoms with Crippen LogP contribution in [-0.2, 0) is 127 Å². The molecule has 746 valence electrons. The summed E-state index contributed by atoms with van der Waals surface area (Å²) in [5.74, 6) is -0.526. The number of sulfonamides is 3. The number of nitrogens with one attached hydrogen (secondary N) is 2. The second-order valence-electron chi connectivity index (χ2n) is 34.5. The third-order valence-electron chi connectivity index (χ3n) is 25.5. The summed E-state index contributed by atoms with van der Waals surface area (Å²) in [5, 5.41) is 5.90. The van der Waals surface area contributed by atoms with Gasteiger partial charge in [0.25, 0.3) is 34.4 Å². The van der Waals surface area contributed by atoms with Crippen molar-refractivity contribution >= 4 is 172 Å². The Morgan fingerprint density at radius 1 is 0.464 bits per heavy atom. The average Bonchev–Trinajstić information content (AvgIpc) is 1.55. The molecule has 15 heterocycles. The van der Waals surface area contributed by atoms with Gasteiger partial charge < -0.3 is 42.6 Å². The van der Waals surface area contributed by atoms with E-state index in [9.17, 15) is 90.0 Å². The van der Waals surface area contributed by atoms with Crippen LogP contribution in [0.1, 0.15) is 116 Å². The molecule has 47 heteroatoms. The summed E-state index contributed by atoms with van der Waals surface area (Å²) in [6.07, 6.45) is 18.8. The van der Waals surface area contributed by atoms with Crippen molar-refractivity contribution in [3.8, 4) is 50.6 Å². The van der Waals surface area contributed by atoms with Crippen LogP contribution in [0.2, 0.25) is 0 Å². The molecule has 38 nitrogen and oxygen atoms in total. The van der Waals surface area contributed by atoms with Crippen LogP contribution in [0, 0.1) is 0 Å². The number of thiophene rings is 3. The molecule has 0 aliphatic carbocycles. The summed E-state index contributed by atoms with van der Waals surface area (Å²) in [5.41, 5.74) is 4.50. The van der Waals surface area contributed by atoms with E-state index in [0.29, 0.717) is 135 Å². The Morgan fingerprint density at radius 2 is 0.793 bits per heavy atom. The van der Waals surface area contributed by atoms with E-state index in [1.165, 1.54) is 89.5 Å². The van der Waals surface area contributed by atoms with Crippen molar-refractivity contribution in [2.75, 3.05) is 130 Å². The number of imidazole rings is 2. The monoisotopic (exact) mass is 2140 g/mol. The number of rotatable bonds is 21. The van der Waals surface area contributed by atoms with E-state index in [1.54, 1.807) is 100 Å². The molecule has 0 bridgehead atoms. The van der Waals surface area contributed by atoms with Gasteiger partial charge in [-0.3, -0.25) is 58.6 Å². The van der Waals surface area contributed by atoms with Gasteiger partial charge in [-0.15, -0.1) is 47.2 Å². The maximum absolute atomic E-state index is 13.5. The Bertz CT molecular complexity index is 7680. The van der Waals surface area contributed by atoms with E-state index >= 15 is 0 Å². The third kappa shape index (κ3) is 20.9. The number of ether oxygens (including phenoxy) is 3. The molecule has 0 saturated carbocycles.